The van der Waals surface area contributed by atoms with Crippen molar-refractivity contribution in [3.63, 3.8) is 0 Å². The number of urea groups is 1. The molecule has 0 bridgehead atoms. The van der Waals surface area contributed by atoms with Gasteiger partial charge in [-0.1, -0.05) is 23.7 Å². The number of amides is 3. The Morgan fingerprint density at radius 2 is 1.81 bits per heavy atom. The summed E-state index contributed by atoms with van der Waals surface area (Å²) in [5.41, 5.74) is 1.71. The van der Waals surface area contributed by atoms with Crippen LogP contribution >= 0.6 is 11.6 Å². The van der Waals surface area contributed by atoms with Crippen LogP contribution in [0.3, 0.4) is 0 Å². The monoisotopic (exact) mass is 440 g/mol. The van der Waals surface area contributed by atoms with Gasteiger partial charge in [0.1, 0.15) is 22.9 Å². The second-order valence-electron chi connectivity index (χ2n) is 6.36. The van der Waals surface area contributed by atoms with Crippen LogP contribution < -0.4 is 25.4 Å². The van der Waals surface area contributed by atoms with Crippen LogP contribution in [0.25, 0.3) is 0 Å². The first kappa shape index (κ1) is 21.9. The first-order valence-electron chi connectivity index (χ1n) is 9.32. The molecule has 31 heavy (non-hydrogen) atoms. The maximum absolute atomic E-state index is 12.1. The third-order valence-electron chi connectivity index (χ3n) is 4.21. The average molecular weight is 441 g/mol. The molecule has 0 atom stereocenters. The number of halogens is 1. The number of hydrogen-bond acceptors (Lipinski definition) is 5. The Morgan fingerprint density at radius 1 is 1.03 bits per heavy atom. The number of hydrogen-bond donors (Lipinski definition) is 3. The molecule has 0 spiro atoms. The molecule has 0 saturated carbocycles. The van der Waals surface area contributed by atoms with Gasteiger partial charge in [0.05, 0.1) is 12.1 Å². The van der Waals surface area contributed by atoms with Gasteiger partial charge in [-0.05, 0) is 42.0 Å². The predicted octanol–water partition coefficient (Wildman–Crippen LogP) is 4.22. The van der Waals surface area contributed by atoms with Crippen LogP contribution in [-0.4, -0.2) is 31.1 Å². The second kappa shape index (κ2) is 10.3. The van der Waals surface area contributed by atoms with Crippen LogP contribution in [-0.2, 0) is 6.54 Å². The maximum atomic E-state index is 12.1. The maximum Gasteiger partial charge on any atom is 0.319 e. The quantitative estimate of drug-likeness (QED) is 0.510. The van der Waals surface area contributed by atoms with Crippen molar-refractivity contribution in [2.75, 3.05) is 19.5 Å². The molecule has 0 aliphatic carbocycles. The molecule has 3 N–H and O–H groups in total. The molecule has 1 aromatic heterocycles. The van der Waals surface area contributed by atoms with Crippen LogP contribution in [0.15, 0.2) is 60.8 Å². The highest BCUT2D eigenvalue weighted by Gasteiger charge is 2.08. The number of nitrogens with one attached hydrogen (secondary N) is 3. The SMILES string of the molecule is CNC(=O)c1cc(Oc2ccc(CNC(=O)Nc3ccc(OC)c(Cl)c3)cc2)ccn1. The smallest absolute Gasteiger partial charge is 0.319 e. The highest BCUT2D eigenvalue weighted by Crippen LogP contribution is 2.27. The Morgan fingerprint density at radius 3 is 2.48 bits per heavy atom. The van der Waals surface area contributed by atoms with Crippen LogP contribution in [0.5, 0.6) is 17.2 Å². The fraction of sp³-hybridized carbons (Fsp3) is 0.136. The van der Waals surface area contributed by atoms with Crippen LogP contribution in [0.1, 0.15) is 16.1 Å². The van der Waals surface area contributed by atoms with E-state index in [1.807, 2.05) is 12.1 Å². The summed E-state index contributed by atoms with van der Waals surface area (Å²) in [5.74, 6) is 1.33. The number of rotatable bonds is 7. The van der Waals surface area contributed by atoms with Gasteiger partial charge >= 0.3 is 6.03 Å². The Labute approximate surface area is 184 Å². The number of aromatic nitrogens is 1. The summed E-state index contributed by atoms with van der Waals surface area (Å²) in [6.45, 7) is 0.325. The number of ether oxygens (including phenoxy) is 2. The van der Waals surface area contributed by atoms with Gasteiger partial charge in [-0.25, -0.2) is 4.79 Å². The largest absolute Gasteiger partial charge is 0.495 e. The molecule has 8 nitrogen and oxygen atoms in total. The molecule has 0 saturated heterocycles. The Bertz CT molecular complexity index is 1070. The minimum Gasteiger partial charge on any atom is -0.495 e. The number of benzene rings is 2. The van der Waals surface area contributed by atoms with Crippen molar-refractivity contribution in [2.45, 2.75) is 6.54 Å². The molecule has 0 radical (unpaired) electrons. The van der Waals surface area contributed by atoms with Crippen LogP contribution in [0.4, 0.5) is 10.5 Å². The third kappa shape index (κ3) is 6.10. The summed E-state index contributed by atoms with van der Waals surface area (Å²) in [7, 11) is 3.06. The third-order valence-corrected chi connectivity index (χ3v) is 4.51. The van der Waals surface area contributed by atoms with E-state index in [-0.39, 0.29) is 17.6 Å². The van der Waals surface area contributed by atoms with Gasteiger partial charge in [0.2, 0.25) is 0 Å². The van der Waals surface area contributed by atoms with Crippen molar-refractivity contribution in [3.8, 4) is 17.2 Å². The van der Waals surface area contributed by atoms with Crippen LogP contribution in [0.2, 0.25) is 5.02 Å². The van der Waals surface area contributed by atoms with Gasteiger partial charge in [0.25, 0.3) is 5.91 Å². The predicted molar refractivity (Wildman–Crippen MR) is 118 cm³/mol. The highest BCUT2D eigenvalue weighted by molar-refractivity contribution is 6.32. The zero-order valence-corrected chi connectivity index (χ0v) is 17.7. The van der Waals surface area contributed by atoms with E-state index in [1.165, 1.54) is 20.4 Å². The molecule has 0 fully saturated rings. The minimum absolute atomic E-state index is 0.269. The molecule has 0 unspecified atom stereocenters. The number of carbonyl (C=O) groups is 2. The zero-order valence-electron chi connectivity index (χ0n) is 16.9. The Balaban J connectivity index is 1.53. The molecular formula is C22H21ClN4O4. The first-order valence-corrected chi connectivity index (χ1v) is 9.69. The molecule has 3 amide bonds. The molecule has 3 rings (SSSR count). The lowest BCUT2D eigenvalue weighted by molar-refractivity contribution is 0.0958. The molecular weight excluding hydrogens is 420 g/mol. The minimum atomic E-state index is -0.361. The lowest BCUT2D eigenvalue weighted by Gasteiger charge is -2.10. The summed E-state index contributed by atoms with van der Waals surface area (Å²) in [6, 6.07) is 15.1. The molecule has 160 valence electrons. The molecule has 1 heterocycles. The van der Waals surface area contributed by atoms with Gasteiger partial charge in [-0.3, -0.25) is 9.78 Å². The lowest BCUT2D eigenvalue weighted by atomic mass is 10.2. The first-order chi connectivity index (χ1) is 15.0. The van der Waals surface area contributed by atoms with Crippen LogP contribution in [0, 0.1) is 0 Å². The standard InChI is InChI=1S/C22H21ClN4O4/c1-24-21(28)19-12-17(9-10-25-19)31-16-6-3-14(4-7-16)13-26-22(29)27-15-5-8-20(30-2)18(23)11-15/h3-12H,13H2,1-2H3,(H,24,28)(H2,26,27,29). The normalized spacial score (nSPS) is 10.2. The van der Waals surface area contributed by atoms with Crippen molar-refractivity contribution in [1.29, 1.82) is 0 Å². The van der Waals surface area contributed by atoms with E-state index in [1.54, 1.807) is 42.5 Å². The number of anilines is 1. The van der Waals surface area contributed by atoms with E-state index < -0.39 is 0 Å². The number of carbonyl (C=O) groups excluding carboxylic acids is 2. The van der Waals surface area contributed by atoms with E-state index in [2.05, 4.69) is 20.9 Å². The molecule has 3 aromatic rings. The van der Waals surface area contributed by atoms with Crippen molar-refractivity contribution >= 4 is 29.2 Å². The zero-order chi connectivity index (χ0) is 22.2. The highest BCUT2D eigenvalue weighted by atomic mass is 35.5. The van der Waals surface area contributed by atoms with Gasteiger partial charge in [0, 0.05) is 31.5 Å². The average Bonchev–Trinajstić information content (AvgIpc) is 2.78. The van der Waals surface area contributed by atoms with Crippen molar-refractivity contribution in [2.24, 2.45) is 0 Å². The van der Waals surface area contributed by atoms with Crippen molar-refractivity contribution in [3.05, 3.63) is 77.1 Å². The fourth-order valence-corrected chi connectivity index (χ4v) is 2.90. The summed E-state index contributed by atoms with van der Waals surface area (Å²) in [6.07, 6.45) is 1.51. The molecule has 0 aliphatic heterocycles. The number of nitrogens with zero attached hydrogens (tertiary/aromatic N) is 1. The van der Waals surface area contributed by atoms with Gasteiger partial charge in [-0.15, -0.1) is 0 Å². The van der Waals surface area contributed by atoms with Gasteiger partial charge in [-0.2, -0.15) is 0 Å². The topological polar surface area (TPSA) is 102 Å². The lowest BCUT2D eigenvalue weighted by Crippen LogP contribution is -2.28. The molecule has 0 aliphatic rings. The van der Waals surface area contributed by atoms with E-state index in [0.717, 1.165) is 5.56 Å². The summed E-state index contributed by atoms with van der Waals surface area (Å²) in [4.78, 5) is 27.8. The van der Waals surface area contributed by atoms with E-state index in [4.69, 9.17) is 21.1 Å². The number of pyridine rings is 1. The Hall–Kier alpha value is -3.78. The summed E-state index contributed by atoms with van der Waals surface area (Å²) < 4.78 is 10.8. The summed E-state index contributed by atoms with van der Waals surface area (Å²) in [5, 5.41) is 8.41. The van der Waals surface area contributed by atoms with Crippen molar-refractivity contribution < 1.29 is 19.1 Å². The fourth-order valence-electron chi connectivity index (χ4n) is 2.64. The summed E-state index contributed by atoms with van der Waals surface area (Å²) >= 11 is 6.06. The van der Waals surface area contributed by atoms with E-state index in [0.29, 0.717) is 34.5 Å². The second-order valence-corrected chi connectivity index (χ2v) is 6.77. The number of methoxy groups -OCH3 is 1. The molecule has 9 heteroatoms. The Kier molecular flexibility index (Phi) is 7.29. The van der Waals surface area contributed by atoms with Crippen molar-refractivity contribution in [1.82, 2.24) is 15.6 Å². The van der Waals surface area contributed by atoms with E-state index in [9.17, 15) is 9.59 Å². The van der Waals surface area contributed by atoms with Gasteiger partial charge in [0.15, 0.2) is 0 Å². The molecule has 2 aromatic carbocycles. The van der Waals surface area contributed by atoms with Gasteiger partial charge < -0.3 is 25.4 Å². The van der Waals surface area contributed by atoms with E-state index >= 15 is 0 Å².